The van der Waals surface area contributed by atoms with Gasteiger partial charge in [0.25, 0.3) is 0 Å². The SMILES string of the molecule is N=C/C(=C\N)c1cccc(N)c1. The molecular weight excluding hydrogens is 150 g/mol. The minimum Gasteiger partial charge on any atom is -0.404 e. The first kappa shape index (κ1) is 8.33. The molecular formula is C9H11N3. The van der Waals surface area contributed by atoms with Crippen LogP contribution < -0.4 is 11.5 Å². The standard InChI is InChI=1S/C9H11N3/c10-5-8(6-11)7-2-1-3-9(12)4-7/h1-6,10H,11-12H2/b8-6+,10-5?. The minimum atomic E-state index is 0.669. The van der Waals surface area contributed by atoms with Gasteiger partial charge in [0.2, 0.25) is 0 Å². The molecule has 0 aliphatic rings. The number of benzene rings is 1. The number of nitrogen functional groups attached to an aromatic ring is 1. The van der Waals surface area contributed by atoms with Gasteiger partial charge in [0.05, 0.1) is 0 Å². The first-order chi connectivity index (χ1) is 5.77. The van der Waals surface area contributed by atoms with Gasteiger partial charge in [-0.05, 0) is 17.7 Å². The van der Waals surface area contributed by atoms with Gasteiger partial charge in [-0.1, -0.05) is 12.1 Å². The second-order valence-electron chi connectivity index (χ2n) is 2.39. The zero-order valence-corrected chi connectivity index (χ0v) is 6.62. The lowest BCUT2D eigenvalue weighted by Crippen LogP contribution is -1.92. The molecule has 0 unspecified atom stereocenters. The van der Waals surface area contributed by atoms with Gasteiger partial charge in [-0.3, -0.25) is 0 Å². The molecule has 3 heteroatoms. The summed E-state index contributed by atoms with van der Waals surface area (Å²) in [5.41, 5.74) is 13.1. The molecule has 3 nitrogen and oxygen atoms in total. The number of rotatable bonds is 2. The quantitative estimate of drug-likeness (QED) is 0.450. The lowest BCUT2D eigenvalue weighted by Gasteiger charge is -2.00. The van der Waals surface area contributed by atoms with Crippen LogP contribution in [0.4, 0.5) is 5.69 Å². The molecule has 1 rings (SSSR count). The molecule has 62 valence electrons. The van der Waals surface area contributed by atoms with Crippen LogP contribution in [0.25, 0.3) is 5.57 Å². The molecule has 0 bridgehead atoms. The summed E-state index contributed by atoms with van der Waals surface area (Å²) in [6, 6.07) is 7.27. The highest BCUT2D eigenvalue weighted by Crippen LogP contribution is 2.13. The van der Waals surface area contributed by atoms with Crippen LogP contribution >= 0.6 is 0 Å². The first-order valence-electron chi connectivity index (χ1n) is 3.56. The van der Waals surface area contributed by atoms with E-state index >= 15 is 0 Å². The van der Waals surface area contributed by atoms with E-state index in [1.165, 1.54) is 12.4 Å². The summed E-state index contributed by atoms with van der Waals surface area (Å²) >= 11 is 0. The van der Waals surface area contributed by atoms with Gasteiger partial charge in [0, 0.05) is 23.7 Å². The fourth-order valence-electron chi connectivity index (χ4n) is 0.946. The number of allylic oxidation sites excluding steroid dienone is 1. The normalized spacial score (nSPS) is 11.2. The Morgan fingerprint density at radius 2 is 2.17 bits per heavy atom. The van der Waals surface area contributed by atoms with E-state index in [9.17, 15) is 0 Å². The monoisotopic (exact) mass is 161 g/mol. The van der Waals surface area contributed by atoms with E-state index in [0.717, 1.165) is 5.56 Å². The van der Waals surface area contributed by atoms with Crippen molar-refractivity contribution in [1.29, 1.82) is 5.41 Å². The van der Waals surface area contributed by atoms with Gasteiger partial charge >= 0.3 is 0 Å². The van der Waals surface area contributed by atoms with E-state index in [1.807, 2.05) is 12.1 Å². The molecule has 1 aromatic rings. The topological polar surface area (TPSA) is 75.9 Å². The van der Waals surface area contributed by atoms with Crippen LogP contribution in [0, 0.1) is 5.41 Å². The molecule has 0 radical (unpaired) electrons. The molecule has 1 aromatic carbocycles. The zero-order valence-electron chi connectivity index (χ0n) is 6.62. The van der Waals surface area contributed by atoms with Gasteiger partial charge < -0.3 is 16.9 Å². The van der Waals surface area contributed by atoms with Crippen molar-refractivity contribution in [2.75, 3.05) is 5.73 Å². The van der Waals surface area contributed by atoms with Gasteiger partial charge in [0.15, 0.2) is 0 Å². The summed E-state index contributed by atoms with van der Waals surface area (Å²) in [6.45, 7) is 0. The van der Waals surface area contributed by atoms with Crippen molar-refractivity contribution < 1.29 is 0 Å². The summed E-state index contributed by atoms with van der Waals surface area (Å²) in [5.74, 6) is 0. The second-order valence-corrected chi connectivity index (χ2v) is 2.39. The average molecular weight is 161 g/mol. The van der Waals surface area contributed by atoms with Crippen molar-refractivity contribution in [3.05, 3.63) is 36.0 Å². The Labute approximate surface area is 71.2 Å². The molecule has 0 saturated carbocycles. The largest absolute Gasteiger partial charge is 0.404 e. The highest BCUT2D eigenvalue weighted by Gasteiger charge is 1.96. The number of hydrogen-bond acceptors (Lipinski definition) is 3. The van der Waals surface area contributed by atoms with E-state index in [4.69, 9.17) is 16.9 Å². The van der Waals surface area contributed by atoms with Crippen molar-refractivity contribution in [2.45, 2.75) is 0 Å². The Morgan fingerprint density at radius 1 is 1.42 bits per heavy atom. The fraction of sp³-hybridized carbons (Fsp3) is 0. The highest BCUT2D eigenvalue weighted by atomic mass is 14.5. The molecule has 0 saturated heterocycles. The predicted octanol–water partition coefficient (Wildman–Crippen LogP) is 1.22. The van der Waals surface area contributed by atoms with Crippen molar-refractivity contribution in [3.8, 4) is 0 Å². The third kappa shape index (κ3) is 1.63. The smallest absolute Gasteiger partial charge is 0.0320 e. The van der Waals surface area contributed by atoms with Gasteiger partial charge in [-0.15, -0.1) is 0 Å². The number of hydrogen-bond donors (Lipinski definition) is 3. The molecule has 12 heavy (non-hydrogen) atoms. The molecule has 0 spiro atoms. The molecule has 0 amide bonds. The van der Waals surface area contributed by atoms with Crippen LogP contribution in [0.5, 0.6) is 0 Å². The Morgan fingerprint density at radius 3 is 2.67 bits per heavy atom. The lowest BCUT2D eigenvalue weighted by atomic mass is 10.1. The number of nitrogens with two attached hydrogens (primary N) is 2. The number of anilines is 1. The van der Waals surface area contributed by atoms with Crippen molar-refractivity contribution in [3.63, 3.8) is 0 Å². The van der Waals surface area contributed by atoms with Gasteiger partial charge in [-0.25, -0.2) is 0 Å². The Hall–Kier alpha value is -1.77. The molecule has 5 N–H and O–H groups in total. The molecule has 0 heterocycles. The Kier molecular flexibility index (Phi) is 2.48. The maximum Gasteiger partial charge on any atom is 0.0320 e. The maximum absolute atomic E-state index is 7.05. The summed E-state index contributed by atoms with van der Waals surface area (Å²) in [5, 5.41) is 7.05. The molecule has 0 aliphatic carbocycles. The van der Waals surface area contributed by atoms with Crippen molar-refractivity contribution >= 4 is 17.5 Å². The highest BCUT2D eigenvalue weighted by molar-refractivity contribution is 6.08. The van der Waals surface area contributed by atoms with Crippen LogP contribution in [0.3, 0.4) is 0 Å². The minimum absolute atomic E-state index is 0.669. The van der Waals surface area contributed by atoms with Crippen LogP contribution in [0.1, 0.15) is 5.56 Å². The Bertz CT molecular complexity index is 315. The third-order valence-electron chi connectivity index (χ3n) is 1.56. The third-order valence-corrected chi connectivity index (χ3v) is 1.56. The summed E-state index contributed by atoms with van der Waals surface area (Å²) in [6.07, 6.45) is 2.59. The summed E-state index contributed by atoms with van der Waals surface area (Å²) in [4.78, 5) is 0. The van der Waals surface area contributed by atoms with Crippen LogP contribution in [0.2, 0.25) is 0 Å². The summed E-state index contributed by atoms with van der Waals surface area (Å²) in [7, 11) is 0. The van der Waals surface area contributed by atoms with Crippen LogP contribution in [0.15, 0.2) is 30.5 Å². The van der Waals surface area contributed by atoms with Crippen molar-refractivity contribution in [2.24, 2.45) is 5.73 Å². The van der Waals surface area contributed by atoms with E-state index in [-0.39, 0.29) is 0 Å². The van der Waals surface area contributed by atoms with Crippen LogP contribution in [-0.2, 0) is 0 Å². The second kappa shape index (κ2) is 3.57. The average Bonchev–Trinajstić information content (AvgIpc) is 2.07. The molecule has 0 atom stereocenters. The van der Waals surface area contributed by atoms with E-state index in [2.05, 4.69) is 0 Å². The van der Waals surface area contributed by atoms with Gasteiger partial charge in [-0.2, -0.15) is 0 Å². The van der Waals surface area contributed by atoms with Gasteiger partial charge in [0.1, 0.15) is 0 Å². The molecule has 0 aromatic heterocycles. The molecule has 0 aliphatic heterocycles. The number of nitrogens with one attached hydrogen (secondary N) is 1. The maximum atomic E-state index is 7.05. The zero-order chi connectivity index (χ0) is 8.97. The molecule has 0 fully saturated rings. The predicted molar refractivity (Wildman–Crippen MR) is 51.8 cm³/mol. The van der Waals surface area contributed by atoms with E-state index in [0.29, 0.717) is 11.3 Å². The van der Waals surface area contributed by atoms with Crippen LogP contribution in [-0.4, -0.2) is 6.21 Å². The fourth-order valence-corrected chi connectivity index (χ4v) is 0.946. The van der Waals surface area contributed by atoms with E-state index in [1.54, 1.807) is 12.1 Å². The first-order valence-corrected chi connectivity index (χ1v) is 3.56. The Balaban J connectivity index is 3.10. The lowest BCUT2D eigenvalue weighted by molar-refractivity contribution is 1.53. The van der Waals surface area contributed by atoms with E-state index < -0.39 is 0 Å². The van der Waals surface area contributed by atoms with Crippen molar-refractivity contribution in [1.82, 2.24) is 0 Å². The summed E-state index contributed by atoms with van der Waals surface area (Å²) < 4.78 is 0.